The topological polar surface area (TPSA) is 60.2 Å². The molecular formula is C13H21N3OS2. The van der Waals surface area contributed by atoms with Crippen molar-refractivity contribution in [2.75, 3.05) is 18.1 Å². The summed E-state index contributed by atoms with van der Waals surface area (Å²) < 4.78 is 5.51. The summed E-state index contributed by atoms with van der Waals surface area (Å²) in [6, 6.07) is 2.15. The van der Waals surface area contributed by atoms with Crippen molar-refractivity contribution < 1.29 is 4.74 Å². The molecule has 0 radical (unpaired) electrons. The van der Waals surface area contributed by atoms with E-state index < -0.39 is 0 Å². The van der Waals surface area contributed by atoms with E-state index in [1.807, 2.05) is 42.7 Å². The third-order valence-electron chi connectivity index (χ3n) is 3.15. The average Bonchev–Trinajstić information content (AvgIpc) is 2.43. The Morgan fingerprint density at radius 2 is 2.26 bits per heavy atom. The van der Waals surface area contributed by atoms with E-state index >= 15 is 0 Å². The molecule has 1 aromatic rings. The number of nitrogens with one attached hydrogen (secondary N) is 1. The second-order valence-corrected chi connectivity index (χ2v) is 7.21. The maximum Gasteiger partial charge on any atom is 0.137 e. The third kappa shape index (κ3) is 3.78. The summed E-state index contributed by atoms with van der Waals surface area (Å²) in [5.41, 5.74) is 4.06. The van der Waals surface area contributed by atoms with E-state index in [2.05, 4.69) is 17.3 Å². The van der Waals surface area contributed by atoms with Crippen LogP contribution in [0.4, 0.5) is 0 Å². The smallest absolute Gasteiger partial charge is 0.137 e. The molecular weight excluding hydrogens is 278 g/mol. The maximum atomic E-state index is 5.78. The number of thioether (sulfide) groups is 2. The highest BCUT2D eigenvalue weighted by atomic mass is 32.2. The van der Waals surface area contributed by atoms with Gasteiger partial charge in [-0.15, -0.1) is 0 Å². The summed E-state index contributed by atoms with van der Waals surface area (Å²) in [5.74, 6) is 8.98. The zero-order valence-electron chi connectivity index (χ0n) is 11.3. The van der Waals surface area contributed by atoms with Crippen LogP contribution >= 0.6 is 23.5 Å². The lowest BCUT2D eigenvalue weighted by molar-refractivity contribution is 0.337. The summed E-state index contributed by atoms with van der Waals surface area (Å²) >= 11 is 4.00. The molecule has 1 fully saturated rings. The standard InChI is InChI=1S/C13H21N3OS2/c1-3-17-11-6-10(7-15-8-11)12(16-14)13-9(2)18-4-5-19-13/h6-9,12-13,16H,3-5,14H2,1-2H3. The van der Waals surface area contributed by atoms with Crippen molar-refractivity contribution in [3.05, 3.63) is 24.0 Å². The molecule has 0 amide bonds. The van der Waals surface area contributed by atoms with Gasteiger partial charge in [-0.05, 0) is 18.6 Å². The van der Waals surface area contributed by atoms with E-state index in [4.69, 9.17) is 10.6 Å². The Labute approximate surface area is 123 Å². The highest BCUT2D eigenvalue weighted by Crippen LogP contribution is 2.38. The molecule has 1 saturated heterocycles. The molecule has 19 heavy (non-hydrogen) atoms. The Morgan fingerprint density at radius 1 is 1.47 bits per heavy atom. The SMILES string of the molecule is CCOc1cncc(C(NN)C2SCCSC2C)c1. The van der Waals surface area contributed by atoms with Gasteiger partial charge in [-0.25, -0.2) is 0 Å². The van der Waals surface area contributed by atoms with E-state index in [0.29, 0.717) is 17.1 Å². The van der Waals surface area contributed by atoms with Gasteiger partial charge in [0.05, 0.1) is 18.8 Å². The number of nitrogens with two attached hydrogens (primary N) is 1. The normalized spacial score (nSPS) is 25.0. The second kappa shape index (κ2) is 7.38. The number of hydrogen-bond donors (Lipinski definition) is 2. The van der Waals surface area contributed by atoms with Gasteiger partial charge in [0.2, 0.25) is 0 Å². The van der Waals surface area contributed by atoms with Gasteiger partial charge in [-0.3, -0.25) is 16.3 Å². The first-order valence-electron chi connectivity index (χ1n) is 6.53. The summed E-state index contributed by atoms with van der Waals surface area (Å²) in [6.07, 6.45) is 3.62. The molecule has 0 saturated carbocycles. The van der Waals surface area contributed by atoms with Crippen molar-refractivity contribution in [2.24, 2.45) is 5.84 Å². The van der Waals surface area contributed by atoms with Gasteiger partial charge < -0.3 is 4.74 Å². The van der Waals surface area contributed by atoms with E-state index in [1.54, 1.807) is 6.20 Å². The third-order valence-corrected chi connectivity index (χ3v) is 6.34. The fourth-order valence-corrected chi connectivity index (χ4v) is 5.18. The van der Waals surface area contributed by atoms with Gasteiger partial charge in [-0.1, -0.05) is 6.92 Å². The zero-order valence-corrected chi connectivity index (χ0v) is 13.0. The molecule has 1 aliphatic rings. The van der Waals surface area contributed by atoms with Crippen LogP contribution in [0.2, 0.25) is 0 Å². The molecule has 6 heteroatoms. The van der Waals surface area contributed by atoms with Crippen LogP contribution in [-0.2, 0) is 0 Å². The van der Waals surface area contributed by atoms with Crippen LogP contribution < -0.4 is 16.0 Å². The number of rotatable bonds is 5. The Morgan fingerprint density at radius 3 is 2.95 bits per heavy atom. The first-order chi connectivity index (χ1) is 9.26. The number of hydrazine groups is 1. The quantitative estimate of drug-likeness (QED) is 0.642. The highest BCUT2D eigenvalue weighted by molar-refractivity contribution is 8.07. The van der Waals surface area contributed by atoms with Gasteiger partial charge in [0.1, 0.15) is 5.75 Å². The minimum Gasteiger partial charge on any atom is -0.492 e. The lowest BCUT2D eigenvalue weighted by Gasteiger charge is -2.34. The molecule has 4 nitrogen and oxygen atoms in total. The largest absolute Gasteiger partial charge is 0.492 e. The van der Waals surface area contributed by atoms with E-state index in [9.17, 15) is 0 Å². The van der Waals surface area contributed by atoms with Crippen LogP contribution in [0, 0.1) is 0 Å². The van der Waals surface area contributed by atoms with Gasteiger partial charge in [-0.2, -0.15) is 23.5 Å². The minimum atomic E-state index is 0.112. The lowest BCUT2D eigenvalue weighted by atomic mass is 10.0. The fourth-order valence-electron chi connectivity index (χ4n) is 2.25. The molecule has 106 valence electrons. The Kier molecular flexibility index (Phi) is 5.81. The number of pyridine rings is 1. The molecule has 0 spiro atoms. The number of hydrogen-bond acceptors (Lipinski definition) is 6. The summed E-state index contributed by atoms with van der Waals surface area (Å²) in [4.78, 5) is 4.26. The van der Waals surface area contributed by atoms with Gasteiger partial charge in [0.25, 0.3) is 0 Å². The van der Waals surface area contributed by atoms with Crippen molar-refractivity contribution in [3.8, 4) is 5.75 Å². The maximum absolute atomic E-state index is 5.78. The van der Waals surface area contributed by atoms with Crippen LogP contribution in [0.15, 0.2) is 18.5 Å². The Hall–Kier alpha value is -0.430. The molecule has 3 N–H and O–H groups in total. The molecule has 3 unspecified atom stereocenters. The zero-order chi connectivity index (χ0) is 13.7. The molecule has 0 aliphatic carbocycles. The van der Waals surface area contributed by atoms with E-state index in [-0.39, 0.29) is 6.04 Å². The molecule has 0 bridgehead atoms. The van der Waals surface area contributed by atoms with Crippen LogP contribution in [0.1, 0.15) is 25.5 Å². The van der Waals surface area contributed by atoms with Crippen molar-refractivity contribution in [1.82, 2.24) is 10.4 Å². The minimum absolute atomic E-state index is 0.112. The first kappa shape index (κ1) is 15.0. The molecule has 1 aliphatic heterocycles. The highest BCUT2D eigenvalue weighted by Gasteiger charge is 2.31. The molecule has 3 atom stereocenters. The van der Waals surface area contributed by atoms with Gasteiger partial charge in [0.15, 0.2) is 0 Å². The van der Waals surface area contributed by atoms with Crippen molar-refractivity contribution in [1.29, 1.82) is 0 Å². The summed E-state index contributed by atoms with van der Waals surface area (Å²) in [5, 5.41) is 1.04. The van der Waals surface area contributed by atoms with Crippen molar-refractivity contribution in [2.45, 2.75) is 30.4 Å². The molecule has 1 aromatic heterocycles. The number of aromatic nitrogens is 1. The second-order valence-electron chi connectivity index (χ2n) is 4.44. The Balaban J connectivity index is 2.18. The summed E-state index contributed by atoms with van der Waals surface area (Å²) in [6.45, 7) is 4.89. The fraction of sp³-hybridized carbons (Fsp3) is 0.615. The van der Waals surface area contributed by atoms with Gasteiger partial charge in [0, 0.05) is 28.2 Å². The number of nitrogens with zero attached hydrogens (tertiary/aromatic N) is 1. The van der Waals surface area contributed by atoms with E-state index in [0.717, 1.165) is 11.3 Å². The lowest BCUT2D eigenvalue weighted by Crippen LogP contribution is -2.41. The first-order valence-corrected chi connectivity index (χ1v) is 8.63. The van der Waals surface area contributed by atoms with Crippen molar-refractivity contribution in [3.63, 3.8) is 0 Å². The van der Waals surface area contributed by atoms with Crippen LogP contribution in [0.3, 0.4) is 0 Å². The van der Waals surface area contributed by atoms with Crippen LogP contribution in [0.25, 0.3) is 0 Å². The molecule has 0 aromatic carbocycles. The monoisotopic (exact) mass is 299 g/mol. The van der Waals surface area contributed by atoms with E-state index in [1.165, 1.54) is 11.5 Å². The van der Waals surface area contributed by atoms with Crippen molar-refractivity contribution >= 4 is 23.5 Å². The van der Waals surface area contributed by atoms with Gasteiger partial charge >= 0.3 is 0 Å². The van der Waals surface area contributed by atoms with Crippen LogP contribution in [-0.4, -0.2) is 33.6 Å². The predicted molar refractivity (Wildman–Crippen MR) is 83.6 cm³/mol. The summed E-state index contributed by atoms with van der Waals surface area (Å²) in [7, 11) is 0. The average molecular weight is 299 g/mol. The number of ether oxygens (including phenoxy) is 1. The van der Waals surface area contributed by atoms with Crippen LogP contribution in [0.5, 0.6) is 5.75 Å². The molecule has 2 rings (SSSR count). The molecule has 2 heterocycles. The predicted octanol–water partition coefficient (Wildman–Crippen LogP) is 2.22. The Bertz CT molecular complexity index is 405.